The summed E-state index contributed by atoms with van der Waals surface area (Å²) in [4.78, 5) is 23.6. The molecule has 2 aromatic rings. The van der Waals surface area contributed by atoms with E-state index >= 15 is 0 Å². The van der Waals surface area contributed by atoms with Crippen LogP contribution in [-0.4, -0.2) is 18.5 Å². The Morgan fingerprint density at radius 1 is 1.28 bits per heavy atom. The topological polar surface area (TPSA) is 79.5 Å². The monoisotopic (exact) mass is 403 g/mol. The molecule has 0 aromatic heterocycles. The molecule has 7 heteroatoms. The second-order valence-electron chi connectivity index (χ2n) is 5.88. The van der Waals surface area contributed by atoms with Gasteiger partial charge in [-0.1, -0.05) is 28.1 Å². The molecule has 3 N–H and O–H groups in total. The van der Waals surface area contributed by atoms with Crippen LogP contribution in [-0.2, 0) is 4.79 Å². The van der Waals surface area contributed by atoms with Crippen LogP contribution in [0.2, 0.25) is 0 Å². The lowest BCUT2D eigenvalue weighted by molar-refractivity contribution is -0.118. The number of anilines is 2. The Labute approximate surface area is 154 Å². The highest BCUT2D eigenvalue weighted by Crippen LogP contribution is 2.30. The van der Waals surface area contributed by atoms with Crippen LogP contribution in [0.5, 0.6) is 5.75 Å². The summed E-state index contributed by atoms with van der Waals surface area (Å²) < 4.78 is 6.27. The smallest absolute Gasteiger partial charge is 0.319 e. The lowest BCUT2D eigenvalue weighted by Crippen LogP contribution is -2.31. The molecule has 0 saturated heterocycles. The molecule has 25 heavy (non-hydrogen) atoms. The second-order valence-corrected chi connectivity index (χ2v) is 6.73. The molecular weight excluding hydrogens is 386 g/mol. The van der Waals surface area contributed by atoms with Crippen molar-refractivity contribution < 1.29 is 14.3 Å². The molecule has 0 bridgehead atoms. The van der Waals surface area contributed by atoms with Gasteiger partial charge in [0, 0.05) is 10.2 Å². The van der Waals surface area contributed by atoms with Gasteiger partial charge in [-0.15, -0.1) is 0 Å². The second kappa shape index (κ2) is 7.14. The molecule has 6 nitrogen and oxygen atoms in total. The number of rotatable bonds is 3. The van der Waals surface area contributed by atoms with Crippen molar-refractivity contribution in [2.75, 3.05) is 17.2 Å². The number of benzene rings is 2. The van der Waals surface area contributed by atoms with Crippen LogP contribution in [0.4, 0.5) is 16.2 Å². The first kappa shape index (κ1) is 17.3. The fourth-order valence-electron chi connectivity index (χ4n) is 2.49. The van der Waals surface area contributed by atoms with Gasteiger partial charge in [0.1, 0.15) is 5.75 Å². The summed E-state index contributed by atoms with van der Waals surface area (Å²) in [5, 5.41) is 8.45. The Morgan fingerprint density at radius 3 is 2.84 bits per heavy atom. The van der Waals surface area contributed by atoms with Crippen LogP contribution in [0.15, 0.2) is 40.9 Å². The third kappa shape index (κ3) is 4.11. The highest BCUT2D eigenvalue weighted by Gasteiger charge is 2.18. The number of aryl methyl sites for hydroxylation is 1. The Kier molecular flexibility index (Phi) is 4.94. The summed E-state index contributed by atoms with van der Waals surface area (Å²) in [7, 11) is 0. The number of hydrogen-bond donors (Lipinski definition) is 3. The van der Waals surface area contributed by atoms with Gasteiger partial charge in [-0.25, -0.2) is 4.79 Å². The van der Waals surface area contributed by atoms with Crippen LogP contribution in [0.25, 0.3) is 0 Å². The molecule has 2 aromatic carbocycles. The number of nitrogens with one attached hydrogen (secondary N) is 3. The van der Waals surface area contributed by atoms with Crippen LogP contribution >= 0.6 is 15.9 Å². The molecule has 0 radical (unpaired) electrons. The van der Waals surface area contributed by atoms with Crippen molar-refractivity contribution in [3.8, 4) is 5.75 Å². The number of hydrogen-bond acceptors (Lipinski definition) is 3. The van der Waals surface area contributed by atoms with Crippen molar-refractivity contribution in [1.29, 1.82) is 0 Å². The number of carbonyl (C=O) groups excluding carboxylic acids is 2. The third-order valence-electron chi connectivity index (χ3n) is 3.91. The largest absolute Gasteiger partial charge is 0.482 e. The maximum atomic E-state index is 12.2. The van der Waals surface area contributed by atoms with Crippen molar-refractivity contribution in [3.63, 3.8) is 0 Å². The average Bonchev–Trinajstić information content (AvgIpc) is 2.57. The first-order chi connectivity index (χ1) is 11.9. The lowest BCUT2D eigenvalue weighted by Gasteiger charge is -2.21. The molecule has 3 amide bonds. The minimum Gasteiger partial charge on any atom is -0.482 e. The summed E-state index contributed by atoms with van der Waals surface area (Å²) in [6.45, 7) is 3.88. The highest BCUT2D eigenvalue weighted by molar-refractivity contribution is 9.10. The van der Waals surface area contributed by atoms with E-state index in [1.807, 2.05) is 38.1 Å². The zero-order valence-corrected chi connectivity index (χ0v) is 15.4. The Hall–Kier alpha value is -2.54. The van der Waals surface area contributed by atoms with Gasteiger partial charge in [-0.05, 0) is 49.2 Å². The zero-order chi connectivity index (χ0) is 18.0. The normalized spacial score (nSPS) is 14.0. The average molecular weight is 404 g/mol. The minimum atomic E-state index is -0.304. The molecule has 1 aliphatic rings. The van der Waals surface area contributed by atoms with E-state index in [1.165, 1.54) is 0 Å². The summed E-state index contributed by atoms with van der Waals surface area (Å²) in [6, 6.07) is 10.5. The molecule has 1 aliphatic heterocycles. The van der Waals surface area contributed by atoms with Crippen LogP contribution < -0.4 is 20.7 Å². The van der Waals surface area contributed by atoms with Crippen molar-refractivity contribution in [1.82, 2.24) is 5.32 Å². The Bertz CT molecular complexity index is 838. The number of fused-ring (bicyclic) bond motifs is 1. The van der Waals surface area contributed by atoms with E-state index in [2.05, 4.69) is 31.9 Å². The highest BCUT2D eigenvalue weighted by atomic mass is 79.9. The number of amides is 3. The van der Waals surface area contributed by atoms with Gasteiger partial charge in [0.2, 0.25) is 0 Å². The maximum absolute atomic E-state index is 12.2. The van der Waals surface area contributed by atoms with E-state index in [-0.39, 0.29) is 24.6 Å². The van der Waals surface area contributed by atoms with Crippen LogP contribution in [0.3, 0.4) is 0 Å². The number of halogens is 1. The molecule has 3 rings (SSSR count). The summed E-state index contributed by atoms with van der Waals surface area (Å²) in [5.41, 5.74) is 3.28. The molecule has 130 valence electrons. The van der Waals surface area contributed by atoms with E-state index < -0.39 is 0 Å². The van der Waals surface area contributed by atoms with Crippen molar-refractivity contribution in [2.45, 2.75) is 19.9 Å². The predicted molar refractivity (Wildman–Crippen MR) is 100 cm³/mol. The van der Waals surface area contributed by atoms with Crippen LogP contribution in [0, 0.1) is 6.92 Å². The molecular formula is C18H18BrN3O3. The van der Waals surface area contributed by atoms with Gasteiger partial charge < -0.3 is 20.7 Å². The molecule has 0 spiro atoms. The van der Waals surface area contributed by atoms with E-state index in [0.717, 1.165) is 15.6 Å². The molecule has 0 saturated carbocycles. The number of carbonyl (C=O) groups is 2. The first-order valence-corrected chi connectivity index (χ1v) is 8.62. The van der Waals surface area contributed by atoms with E-state index in [1.54, 1.807) is 12.1 Å². The molecule has 1 heterocycles. The van der Waals surface area contributed by atoms with Crippen molar-refractivity contribution >= 4 is 39.2 Å². The van der Waals surface area contributed by atoms with E-state index in [0.29, 0.717) is 17.1 Å². The standard InChI is InChI=1S/C18H18BrN3O3/c1-10-3-5-13(8-14(10)19)21-18(24)20-11(2)12-4-6-16-15(7-12)22-17(23)9-25-16/h3-8,11H,9H2,1-2H3,(H,22,23)(H2,20,21,24). The van der Waals surface area contributed by atoms with Gasteiger partial charge >= 0.3 is 6.03 Å². The fraction of sp³-hybridized carbons (Fsp3) is 0.222. The van der Waals surface area contributed by atoms with Crippen molar-refractivity contribution in [3.05, 3.63) is 52.0 Å². The van der Waals surface area contributed by atoms with E-state index in [9.17, 15) is 9.59 Å². The van der Waals surface area contributed by atoms with Gasteiger partial charge in [0.05, 0.1) is 11.7 Å². The van der Waals surface area contributed by atoms with Gasteiger partial charge in [-0.2, -0.15) is 0 Å². The lowest BCUT2D eigenvalue weighted by atomic mass is 10.1. The summed E-state index contributed by atoms with van der Waals surface area (Å²) in [5.74, 6) is 0.442. The van der Waals surface area contributed by atoms with Crippen LogP contribution in [0.1, 0.15) is 24.1 Å². The van der Waals surface area contributed by atoms with Gasteiger partial charge in [-0.3, -0.25) is 4.79 Å². The predicted octanol–water partition coefficient (Wildman–Crippen LogP) is 3.97. The number of urea groups is 1. The molecule has 1 atom stereocenters. The maximum Gasteiger partial charge on any atom is 0.319 e. The Morgan fingerprint density at radius 2 is 2.08 bits per heavy atom. The summed E-state index contributed by atoms with van der Waals surface area (Å²) in [6.07, 6.45) is 0. The fourth-order valence-corrected chi connectivity index (χ4v) is 2.87. The SMILES string of the molecule is Cc1ccc(NC(=O)NC(C)c2ccc3c(c2)NC(=O)CO3)cc1Br. The summed E-state index contributed by atoms with van der Waals surface area (Å²) >= 11 is 3.45. The van der Waals surface area contributed by atoms with E-state index in [4.69, 9.17) is 4.74 Å². The molecule has 0 aliphatic carbocycles. The zero-order valence-electron chi connectivity index (χ0n) is 13.9. The molecule has 1 unspecified atom stereocenters. The first-order valence-electron chi connectivity index (χ1n) is 7.82. The minimum absolute atomic E-state index is 0.0225. The third-order valence-corrected chi connectivity index (χ3v) is 4.77. The van der Waals surface area contributed by atoms with Gasteiger partial charge in [0.15, 0.2) is 6.61 Å². The number of ether oxygens (including phenoxy) is 1. The van der Waals surface area contributed by atoms with Crippen molar-refractivity contribution in [2.24, 2.45) is 0 Å². The Balaban J connectivity index is 1.66. The molecule has 0 fully saturated rings. The van der Waals surface area contributed by atoms with Gasteiger partial charge in [0.25, 0.3) is 5.91 Å². The quantitative estimate of drug-likeness (QED) is 0.724.